The minimum Gasteiger partial charge on any atom is -0.508 e. The number of aliphatic carboxylic acids is 1. The van der Waals surface area contributed by atoms with Crippen LogP contribution in [0.3, 0.4) is 0 Å². The number of para-hydroxylation sites is 1. The number of fused-ring (bicyclic) bond motifs is 1. The number of H-pyrrole nitrogens is 1. The van der Waals surface area contributed by atoms with E-state index in [1.807, 2.05) is 18.2 Å². The molecule has 0 saturated carbocycles. The molecule has 1 heterocycles. The molecule has 0 aliphatic heterocycles. The molecule has 4 rings (SSSR count). The number of hydrogen-bond acceptors (Lipinski definition) is 15. The number of aromatic amines is 1. The molecule has 4 aromatic rings. The Bertz CT molecular complexity index is 2850. The number of primary amides is 1. The second-order valence-corrected chi connectivity index (χ2v) is 21.4. The van der Waals surface area contributed by atoms with E-state index in [0.717, 1.165) is 10.9 Å². The second-order valence-electron chi connectivity index (χ2n) is 21.4. The summed E-state index contributed by atoms with van der Waals surface area (Å²) >= 11 is 0. The first kappa shape index (κ1) is 69.0. The van der Waals surface area contributed by atoms with Gasteiger partial charge >= 0.3 is 5.97 Å². The van der Waals surface area contributed by atoms with Crippen LogP contribution in [0.1, 0.15) is 95.2 Å². The number of aromatic hydroxyl groups is 1. The Balaban J connectivity index is 1.63. The van der Waals surface area contributed by atoms with Crippen LogP contribution < -0.4 is 65.1 Å². The van der Waals surface area contributed by atoms with E-state index in [4.69, 9.17) is 17.2 Å². The van der Waals surface area contributed by atoms with Gasteiger partial charge in [-0.05, 0) is 119 Å². The first-order valence-corrected chi connectivity index (χ1v) is 28.6. The van der Waals surface area contributed by atoms with Crippen LogP contribution in [-0.2, 0) is 67.2 Å². The van der Waals surface area contributed by atoms with Gasteiger partial charge in [-0.1, -0.05) is 74.5 Å². The fourth-order valence-electron chi connectivity index (χ4n) is 9.35. The van der Waals surface area contributed by atoms with Crippen molar-refractivity contribution in [2.24, 2.45) is 23.1 Å². The number of carboxylic acid groups (broad SMARTS) is 1. The molecule has 0 unspecified atom stereocenters. The first-order chi connectivity index (χ1) is 40.5. The fraction of sp³-hybridized carbons (Fsp3) is 0.492. The average Bonchev–Trinajstić information content (AvgIpc) is 3.44. The number of carbonyl (C=O) groups is 10. The highest BCUT2D eigenvalue weighted by Crippen LogP contribution is 2.20. The number of likely N-dealkylation sites (N-methyl/N-ethyl adjacent to an activating group) is 1. The van der Waals surface area contributed by atoms with Gasteiger partial charge < -0.3 is 85.4 Å². The van der Waals surface area contributed by atoms with Crippen molar-refractivity contribution >= 4 is 70.0 Å². The number of amides is 9. The number of nitrogens with two attached hydrogens (primary N) is 3. The van der Waals surface area contributed by atoms with E-state index in [-0.39, 0.29) is 69.6 Å². The minimum atomic E-state index is -1.48. The van der Waals surface area contributed by atoms with Crippen LogP contribution >= 0.6 is 0 Å². The molecule has 0 fully saturated rings. The number of nitrogens with one attached hydrogen (secondary N) is 10. The smallest absolute Gasteiger partial charge is 0.303 e. The molecule has 26 nitrogen and oxygen atoms in total. The zero-order valence-corrected chi connectivity index (χ0v) is 48.6. The van der Waals surface area contributed by atoms with Gasteiger partial charge in [0.05, 0.1) is 18.7 Å². The van der Waals surface area contributed by atoms with E-state index in [1.54, 1.807) is 56.4 Å². The summed E-state index contributed by atoms with van der Waals surface area (Å²) < 4.78 is 0. The van der Waals surface area contributed by atoms with Gasteiger partial charge in [-0.3, -0.25) is 47.9 Å². The Kier molecular flexibility index (Phi) is 28.9. The summed E-state index contributed by atoms with van der Waals surface area (Å²) in [6, 6.07) is 11.3. The molecule has 1 aromatic heterocycles. The van der Waals surface area contributed by atoms with Crippen molar-refractivity contribution in [2.75, 3.05) is 26.7 Å². The zero-order valence-electron chi connectivity index (χ0n) is 48.6. The van der Waals surface area contributed by atoms with E-state index in [9.17, 15) is 63.3 Å². The van der Waals surface area contributed by atoms with E-state index in [1.165, 1.54) is 38.2 Å². The lowest BCUT2D eigenvalue weighted by molar-refractivity contribution is -0.137. The number of phenols is 1. The Hall–Kier alpha value is -8.46. The van der Waals surface area contributed by atoms with E-state index in [0.29, 0.717) is 48.9 Å². The Morgan fingerprint density at radius 2 is 1.02 bits per heavy atom. The summed E-state index contributed by atoms with van der Waals surface area (Å²) in [6.45, 7) is 4.73. The molecule has 0 radical (unpaired) electrons. The maximum Gasteiger partial charge on any atom is 0.303 e. The molecule has 0 aliphatic rings. The van der Waals surface area contributed by atoms with Gasteiger partial charge in [-0.2, -0.15) is 0 Å². The van der Waals surface area contributed by atoms with Crippen LogP contribution in [0.5, 0.6) is 5.75 Å². The molecule has 0 aliphatic carbocycles. The van der Waals surface area contributed by atoms with Gasteiger partial charge in [0.25, 0.3) is 0 Å². The van der Waals surface area contributed by atoms with Crippen molar-refractivity contribution in [1.82, 2.24) is 52.8 Å². The lowest BCUT2D eigenvalue weighted by Crippen LogP contribution is -2.60. The number of benzene rings is 3. The fourth-order valence-corrected chi connectivity index (χ4v) is 9.35. The Labute approximate surface area is 494 Å². The third-order valence-electron chi connectivity index (χ3n) is 14.0. The number of aromatic nitrogens is 1. The van der Waals surface area contributed by atoms with E-state index < -0.39 is 120 Å². The number of carboxylic acids is 1. The Morgan fingerprint density at radius 1 is 0.541 bits per heavy atom. The monoisotopic (exact) mass is 1180 g/mol. The van der Waals surface area contributed by atoms with Gasteiger partial charge in [0.1, 0.15) is 48.0 Å². The number of aliphatic hydroxyl groups is 1. The number of carbonyl (C=O) groups excluding carboxylic acids is 9. The number of rotatable bonds is 38. The average molecular weight is 1180 g/mol. The predicted molar refractivity (Wildman–Crippen MR) is 316 cm³/mol. The number of aliphatic hydroxyl groups excluding tert-OH is 1. The predicted octanol–water partition coefficient (Wildman–Crippen LogP) is -0.966. The molecule has 19 N–H and O–H groups in total. The van der Waals surface area contributed by atoms with Gasteiger partial charge in [0.15, 0.2) is 0 Å². The molecule has 0 bridgehead atoms. The molecule has 0 saturated heterocycles. The molecular weight excluding hydrogens is 1100 g/mol. The molecule has 3 aromatic carbocycles. The van der Waals surface area contributed by atoms with Crippen molar-refractivity contribution in [3.05, 3.63) is 102 Å². The standard InChI is InChI=1S/C59H85N13O13/c1-34(2)28-45(57(83)71-48(31-38-32-64-41-17-9-8-16-40(38)41)53(79)65-33-49(75)66-46(29-36-14-6-5-7-15-36)59(85)72-51(35(3)73)52(62)78)69-58(84)47(30-37-20-22-39(74)23-21-37)70-56(82)44(19-11-13-27-61)68-55(81)43(18-10-12-26-60)67-54(80)42(63-4)24-25-50(76)77/h5-9,14-17,20-23,32,34-35,42-48,51,63-64,73-74H,10-13,18-19,24-31,33,60-61H2,1-4H3,(H2,62,78)(H,65,79)(H,66,75)(H,67,80)(H,68,81)(H,69,84)(H,70,82)(H,71,83)(H,72,85)(H,76,77)/t35-,42+,43+,44+,45+,46+,47+,48+,51+/m1/s1. The highest BCUT2D eigenvalue weighted by Gasteiger charge is 2.35. The highest BCUT2D eigenvalue weighted by molar-refractivity contribution is 5.98. The minimum absolute atomic E-state index is 0.0254. The van der Waals surface area contributed by atoms with Crippen LogP contribution in [0.15, 0.2) is 85.1 Å². The lowest BCUT2D eigenvalue weighted by Gasteiger charge is -2.28. The molecule has 0 spiro atoms. The number of unbranched alkanes of at least 4 members (excludes halogenated alkanes) is 2. The molecule has 85 heavy (non-hydrogen) atoms. The van der Waals surface area contributed by atoms with Crippen LogP contribution in [0.2, 0.25) is 0 Å². The second kappa shape index (κ2) is 35.6. The highest BCUT2D eigenvalue weighted by atomic mass is 16.4. The molecule has 464 valence electrons. The Morgan fingerprint density at radius 3 is 1.56 bits per heavy atom. The van der Waals surface area contributed by atoms with Gasteiger partial charge in [-0.25, -0.2) is 0 Å². The van der Waals surface area contributed by atoms with Crippen LogP contribution in [0.25, 0.3) is 10.9 Å². The summed E-state index contributed by atoms with van der Waals surface area (Å²) in [4.78, 5) is 140. The number of phenolic OH excluding ortho intramolecular Hbond substituents is 1. The normalized spacial score (nSPS) is 14.4. The van der Waals surface area contributed by atoms with Gasteiger partial charge in [0.2, 0.25) is 53.2 Å². The van der Waals surface area contributed by atoms with Crippen molar-refractivity contribution in [3.8, 4) is 5.75 Å². The molecular formula is C59H85N13O13. The van der Waals surface area contributed by atoms with Crippen LogP contribution in [0.4, 0.5) is 0 Å². The third-order valence-corrected chi connectivity index (χ3v) is 14.0. The van der Waals surface area contributed by atoms with Crippen molar-refractivity contribution in [1.29, 1.82) is 0 Å². The topological polar surface area (TPSA) is 434 Å². The number of hydrogen-bond donors (Lipinski definition) is 16. The molecule has 9 amide bonds. The van der Waals surface area contributed by atoms with Crippen LogP contribution in [-0.4, -0.2) is 161 Å². The molecule has 9 atom stereocenters. The SMILES string of the molecule is CN[C@@H](CCC(=O)O)C(=O)N[C@@H](CCCCN)C(=O)N[C@@H](CCCCN)C(=O)N[C@@H](Cc1ccc(O)cc1)C(=O)N[C@@H](CC(C)C)C(=O)N[C@@H](Cc1c[nH]c2ccccc12)C(=O)NCC(=O)N[C@@H](Cc1ccccc1)C(=O)N[C@H](C(N)=O)[C@@H](C)O. The summed E-state index contributed by atoms with van der Waals surface area (Å²) in [5, 5.41) is 54.2. The van der Waals surface area contributed by atoms with Crippen molar-refractivity contribution < 1.29 is 63.3 Å². The zero-order chi connectivity index (χ0) is 62.6. The van der Waals surface area contributed by atoms with Crippen molar-refractivity contribution in [3.63, 3.8) is 0 Å². The lowest BCUT2D eigenvalue weighted by atomic mass is 9.99. The summed E-state index contributed by atoms with van der Waals surface area (Å²) in [6.07, 6.45) is 1.49. The van der Waals surface area contributed by atoms with E-state index >= 15 is 0 Å². The summed E-state index contributed by atoms with van der Waals surface area (Å²) in [5.41, 5.74) is 19.4. The maximum absolute atomic E-state index is 14.7. The van der Waals surface area contributed by atoms with E-state index in [2.05, 4.69) is 52.8 Å². The summed E-state index contributed by atoms with van der Waals surface area (Å²) in [5.74, 6) is -8.73. The quantitative estimate of drug-likeness (QED) is 0.0240. The largest absolute Gasteiger partial charge is 0.508 e. The summed E-state index contributed by atoms with van der Waals surface area (Å²) in [7, 11) is 1.48. The van der Waals surface area contributed by atoms with Gasteiger partial charge in [0, 0.05) is 42.8 Å². The van der Waals surface area contributed by atoms with Gasteiger partial charge in [-0.15, -0.1) is 0 Å². The third kappa shape index (κ3) is 23.6. The van der Waals surface area contributed by atoms with Crippen LogP contribution in [0, 0.1) is 5.92 Å². The van der Waals surface area contributed by atoms with Crippen molar-refractivity contribution in [2.45, 2.75) is 152 Å². The maximum atomic E-state index is 14.7. The molecule has 26 heteroatoms. The first-order valence-electron chi connectivity index (χ1n) is 28.6.